The molecule has 0 radical (unpaired) electrons. The molecule has 200 valence electrons. The van der Waals surface area contributed by atoms with Crippen molar-refractivity contribution in [1.29, 1.82) is 0 Å². The molecular formula is C25H27N5O6S2. The Morgan fingerprint density at radius 1 is 0.947 bits per heavy atom. The lowest BCUT2D eigenvalue weighted by Crippen LogP contribution is -2.48. The highest BCUT2D eigenvalue weighted by atomic mass is 32.2. The number of aromatic nitrogens is 1. The maximum Gasteiger partial charge on any atom is 0.286 e. The lowest BCUT2D eigenvalue weighted by atomic mass is 10.0. The van der Waals surface area contributed by atoms with Gasteiger partial charge >= 0.3 is 0 Å². The SMILES string of the molecule is O=C(NO)c1cnc(N2CCN(S(=O)(=O)c3ccccc3-c3ccc(C(=O)N4CCOCC4)cc3)CC2)s1. The summed E-state index contributed by atoms with van der Waals surface area (Å²) in [6, 6.07) is 13.9. The fraction of sp³-hybridized carbons (Fsp3) is 0.320. The highest BCUT2D eigenvalue weighted by Gasteiger charge is 2.31. The molecule has 5 rings (SSSR count). The van der Waals surface area contributed by atoms with Gasteiger partial charge in [0.25, 0.3) is 11.8 Å². The number of hydrogen-bond donors (Lipinski definition) is 2. The third kappa shape index (κ3) is 5.28. The number of morpholine rings is 1. The minimum atomic E-state index is -3.80. The molecule has 0 bridgehead atoms. The van der Waals surface area contributed by atoms with Crippen LogP contribution in [0, 0.1) is 0 Å². The molecule has 0 unspecified atom stereocenters. The number of sulfonamides is 1. The summed E-state index contributed by atoms with van der Waals surface area (Å²) in [5.41, 5.74) is 3.41. The van der Waals surface area contributed by atoms with Gasteiger partial charge in [-0.2, -0.15) is 4.31 Å². The molecule has 1 aromatic heterocycles. The van der Waals surface area contributed by atoms with E-state index in [1.54, 1.807) is 58.9 Å². The number of carbonyl (C=O) groups excluding carboxylic acids is 2. The molecule has 2 amide bonds. The Labute approximate surface area is 224 Å². The maximum atomic E-state index is 13.7. The summed E-state index contributed by atoms with van der Waals surface area (Å²) in [7, 11) is -3.80. The first-order valence-electron chi connectivity index (χ1n) is 12.1. The van der Waals surface area contributed by atoms with Crippen LogP contribution in [0.15, 0.2) is 59.6 Å². The average Bonchev–Trinajstić information content (AvgIpc) is 3.47. The number of benzene rings is 2. The molecule has 3 aromatic rings. The lowest BCUT2D eigenvalue weighted by molar-refractivity contribution is 0.0303. The summed E-state index contributed by atoms with van der Waals surface area (Å²) in [5, 5.41) is 9.40. The van der Waals surface area contributed by atoms with Crippen LogP contribution >= 0.6 is 11.3 Å². The Balaban J connectivity index is 1.31. The average molecular weight is 558 g/mol. The summed E-state index contributed by atoms with van der Waals surface area (Å²) in [5.74, 6) is -0.701. The topological polar surface area (TPSA) is 132 Å². The van der Waals surface area contributed by atoms with E-state index in [0.717, 1.165) is 11.3 Å². The number of anilines is 1. The first kappa shape index (κ1) is 26.3. The van der Waals surface area contributed by atoms with Crippen LogP contribution < -0.4 is 10.4 Å². The summed E-state index contributed by atoms with van der Waals surface area (Å²) < 4.78 is 34.1. The second kappa shape index (κ2) is 11.2. The number of nitrogens with zero attached hydrogens (tertiary/aromatic N) is 4. The lowest BCUT2D eigenvalue weighted by Gasteiger charge is -2.34. The van der Waals surface area contributed by atoms with Gasteiger partial charge in [0.15, 0.2) is 5.13 Å². The van der Waals surface area contributed by atoms with Gasteiger partial charge in [-0.15, -0.1) is 0 Å². The van der Waals surface area contributed by atoms with Gasteiger partial charge < -0.3 is 14.5 Å². The van der Waals surface area contributed by atoms with E-state index in [1.165, 1.54) is 10.5 Å². The van der Waals surface area contributed by atoms with Crippen molar-refractivity contribution in [3.63, 3.8) is 0 Å². The normalized spacial score (nSPS) is 16.9. The maximum absolute atomic E-state index is 13.7. The zero-order valence-corrected chi connectivity index (χ0v) is 22.1. The molecule has 2 saturated heterocycles. The summed E-state index contributed by atoms with van der Waals surface area (Å²) >= 11 is 1.13. The third-order valence-corrected chi connectivity index (χ3v) is 9.59. The highest BCUT2D eigenvalue weighted by molar-refractivity contribution is 7.89. The molecule has 3 heterocycles. The predicted octanol–water partition coefficient (Wildman–Crippen LogP) is 1.91. The number of hydrogen-bond acceptors (Lipinski definition) is 9. The van der Waals surface area contributed by atoms with Crippen molar-refractivity contribution in [2.75, 3.05) is 57.4 Å². The second-order valence-corrected chi connectivity index (χ2v) is 11.7. The van der Waals surface area contributed by atoms with E-state index < -0.39 is 15.9 Å². The first-order chi connectivity index (χ1) is 18.4. The summed E-state index contributed by atoms with van der Waals surface area (Å²) in [6.07, 6.45) is 1.38. The van der Waals surface area contributed by atoms with Crippen LogP contribution in [-0.4, -0.2) is 92.1 Å². The Morgan fingerprint density at radius 3 is 2.32 bits per heavy atom. The minimum absolute atomic E-state index is 0.0667. The van der Waals surface area contributed by atoms with E-state index in [9.17, 15) is 18.0 Å². The summed E-state index contributed by atoms with van der Waals surface area (Å²) in [4.78, 5) is 32.8. The largest absolute Gasteiger partial charge is 0.378 e. The van der Waals surface area contributed by atoms with Crippen molar-refractivity contribution in [3.05, 3.63) is 65.2 Å². The zero-order valence-electron chi connectivity index (χ0n) is 20.4. The van der Waals surface area contributed by atoms with Gasteiger partial charge in [-0.25, -0.2) is 18.9 Å². The molecule has 2 fully saturated rings. The number of amides is 2. The molecule has 0 atom stereocenters. The van der Waals surface area contributed by atoms with Crippen molar-refractivity contribution in [2.45, 2.75) is 4.90 Å². The number of nitrogens with one attached hydrogen (secondary N) is 1. The van der Waals surface area contributed by atoms with Crippen LogP contribution in [0.2, 0.25) is 0 Å². The van der Waals surface area contributed by atoms with Gasteiger partial charge in [-0.1, -0.05) is 41.7 Å². The number of ether oxygens (including phenoxy) is 1. The minimum Gasteiger partial charge on any atom is -0.378 e. The monoisotopic (exact) mass is 557 g/mol. The van der Waals surface area contributed by atoms with Crippen LogP contribution in [0.1, 0.15) is 20.0 Å². The van der Waals surface area contributed by atoms with Gasteiger partial charge in [0, 0.05) is 50.4 Å². The predicted molar refractivity (Wildman–Crippen MR) is 141 cm³/mol. The number of thiazole rings is 1. The van der Waals surface area contributed by atoms with E-state index in [4.69, 9.17) is 9.94 Å². The number of hydroxylamine groups is 1. The molecule has 0 saturated carbocycles. The summed E-state index contributed by atoms with van der Waals surface area (Å²) in [6.45, 7) is 3.48. The number of rotatable bonds is 6. The first-order valence-corrected chi connectivity index (χ1v) is 14.4. The molecule has 13 heteroatoms. The molecule has 2 aliphatic heterocycles. The Bertz CT molecular complexity index is 1410. The van der Waals surface area contributed by atoms with Crippen LogP contribution in [-0.2, 0) is 14.8 Å². The van der Waals surface area contributed by atoms with Gasteiger partial charge in [0.1, 0.15) is 4.88 Å². The highest BCUT2D eigenvalue weighted by Crippen LogP contribution is 2.31. The quantitative estimate of drug-likeness (QED) is 0.347. The molecule has 38 heavy (non-hydrogen) atoms. The molecule has 2 aromatic carbocycles. The van der Waals surface area contributed by atoms with Gasteiger partial charge in [-0.05, 0) is 23.8 Å². The van der Waals surface area contributed by atoms with Crippen molar-refractivity contribution in [1.82, 2.24) is 19.7 Å². The Morgan fingerprint density at radius 2 is 1.63 bits per heavy atom. The fourth-order valence-corrected chi connectivity index (χ4v) is 7.00. The van der Waals surface area contributed by atoms with Crippen LogP contribution in [0.4, 0.5) is 5.13 Å². The molecular weight excluding hydrogens is 530 g/mol. The molecule has 0 aliphatic carbocycles. The molecule has 2 aliphatic rings. The molecule has 11 nitrogen and oxygen atoms in total. The third-order valence-electron chi connectivity index (χ3n) is 6.57. The standard InChI is InChI=1S/C25H27N5O6S2/c31-23(27-33)21-17-26-25(37-21)29-9-11-30(12-10-29)38(34,35)22-4-2-1-3-20(22)18-5-7-19(8-6-18)24(32)28-13-15-36-16-14-28/h1-8,17,33H,9-16H2,(H,27,31). The van der Waals surface area contributed by atoms with Crippen molar-refractivity contribution in [2.24, 2.45) is 0 Å². The zero-order chi connectivity index (χ0) is 26.7. The van der Waals surface area contributed by atoms with E-state index >= 15 is 0 Å². The molecule has 0 spiro atoms. The number of piperazine rings is 1. The number of carbonyl (C=O) groups is 2. The smallest absolute Gasteiger partial charge is 0.286 e. The van der Waals surface area contributed by atoms with E-state index in [0.29, 0.717) is 61.2 Å². The van der Waals surface area contributed by atoms with Crippen LogP contribution in [0.3, 0.4) is 0 Å². The van der Waals surface area contributed by atoms with Crippen molar-refractivity contribution in [3.8, 4) is 11.1 Å². The van der Waals surface area contributed by atoms with E-state index in [-0.39, 0.29) is 28.8 Å². The van der Waals surface area contributed by atoms with E-state index in [2.05, 4.69) is 4.98 Å². The van der Waals surface area contributed by atoms with Crippen molar-refractivity contribution >= 4 is 38.3 Å². The Hall–Kier alpha value is -3.36. The van der Waals surface area contributed by atoms with Crippen molar-refractivity contribution < 1.29 is 28.0 Å². The van der Waals surface area contributed by atoms with Gasteiger partial charge in [-0.3, -0.25) is 14.8 Å². The van der Waals surface area contributed by atoms with Crippen LogP contribution in [0.5, 0.6) is 0 Å². The Kier molecular flexibility index (Phi) is 7.72. The van der Waals surface area contributed by atoms with Gasteiger partial charge in [0.2, 0.25) is 10.0 Å². The van der Waals surface area contributed by atoms with E-state index in [1.807, 2.05) is 4.90 Å². The fourth-order valence-electron chi connectivity index (χ4n) is 4.50. The van der Waals surface area contributed by atoms with Crippen LogP contribution in [0.25, 0.3) is 11.1 Å². The second-order valence-electron chi connectivity index (χ2n) is 8.82. The molecule has 2 N–H and O–H groups in total. The van der Waals surface area contributed by atoms with Gasteiger partial charge in [0.05, 0.1) is 24.3 Å².